The minimum absolute atomic E-state index is 0.0303. The van der Waals surface area contributed by atoms with E-state index >= 15 is 0 Å². The van der Waals surface area contributed by atoms with Crippen molar-refractivity contribution in [3.8, 4) is 11.1 Å². The lowest BCUT2D eigenvalue weighted by Crippen LogP contribution is -2.55. The van der Waals surface area contributed by atoms with Crippen molar-refractivity contribution in [3.63, 3.8) is 0 Å². The van der Waals surface area contributed by atoms with Crippen molar-refractivity contribution < 1.29 is 14.3 Å². The van der Waals surface area contributed by atoms with Crippen molar-refractivity contribution in [2.45, 2.75) is 31.9 Å². The van der Waals surface area contributed by atoms with Gasteiger partial charge >= 0.3 is 0 Å². The number of carbonyl (C=O) groups excluding carboxylic acids is 2. The second-order valence-corrected chi connectivity index (χ2v) is 7.94. The van der Waals surface area contributed by atoms with Gasteiger partial charge in [-0.05, 0) is 31.4 Å². The molecular weight excluding hydrogens is 378 g/mol. The van der Waals surface area contributed by atoms with Crippen molar-refractivity contribution in [2.24, 2.45) is 0 Å². The van der Waals surface area contributed by atoms with E-state index in [1.807, 2.05) is 66.4 Å². The van der Waals surface area contributed by atoms with Crippen LogP contribution < -0.4 is 5.32 Å². The lowest BCUT2D eigenvalue weighted by Gasteiger charge is -2.38. The highest BCUT2D eigenvalue weighted by atomic mass is 16.5. The molecule has 1 N–H and O–H groups in total. The van der Waals surface area contributed by atoms with E-state index < -0.39 is 0 Å². The Morgan fingerprint density at radius 1 is 1.00 bits per heavy atom. The number of nitrogens with one attached hydrogen (secondary N) is 1. The molecule has 30 heavy (non-hydrogen) atoms. The molecule has 2 heterocycles. The number of carbonyl (C=O) groups is 2. The molecule has 2 saturated heterocycles. The number of piperazine rings is 1. The smallest absolute Gasteiger partial charge is 0.251 e. The molecule has 0 spiro atoms. The molecule has 2 aliphatic heterocycles. The summed E-state index contributed by atoms with van der Waals surface area (Å²) in [5.41, 5.74) is 2.89. The zero-order valence-corrected chi connectivity index (χ0v) is 17.4. The Balaban J connectivity index is 1.36. The van der Waals surface area contributed by atoms with E-state index in [0.29, 0.717) is 32.8 Å². The predicted octanol–water partition coefficient (Wildman–Crippen LogP) is 3.00. The first-order valence-corrected chi connectivity index (χ1v) is 10.7. The van der Waals surface area contributed by atoms with Gasteiger partial charge in [-0.3, -0.25) is 14.5 Å². The van der Waals surface area contributed by atoms with Crippen LogP contribution in [0.15, 0.2) is 54.6 Å². The number of nitrogens with zero attached hydrogens (tertiary/aromatic N) is 2. The van der Waals surface area contributed by atoms with Crippen molar-refractivity contribution in [3.05, 3.63) is 54.6 Å². The van der Waals surface area contributed by atoms with E-state index in [4.69, 9.17) is 4.74 Å². The van der Waals surface area contributed by atoms with E-state index in [0.717, 1.165) is 29.7 Å². The fraction of sp³-hybridized carbons (Fsp3) is 0.417. The van der Waals surface area contributed by atoms with Crippen LogP contribution in [0.5, 0.6) is 0 Å². The molecule has 0 unspecified atom stereocenters. The highest BCUT2D eigenvalue weighted by molar-refractivity contribution is 5.98. The molecule has 2 atom stereocenters. The van der Waals surface area contributed by atoms with Crippen LogP contribution in [0.3, 0.4) is 0 Å². The third kappa shape index (κ3) is 4.55. The van der Waals surface area contributed by atoms with E-state index in [-0.39, 0.29) is 24.0 Å². The van der Waals surface area contributed by atoms with Crippen LogP contribution in [0.25, 0.3) is 11.1 Å². The van der Waals surface area contributed by atoms with Gasteiger partial charge in [0.05, 0.1) is 6.04 Å². The van der Waals surface area contributed by atoms with Gasteiger partial charge in [0, 0.05) is 44.0 Å². The van der Waals surface area contributed by atoms with Crippen LogP contribution in [0.1, 0.15) is 19.8 Å². The molecule has 0 bridgehead atoms. The van der Waals surface area contributed by atoms with E-state index in [9.17, 15) is 9.59 Å². The summed E-state index contributed by atoms with van der Waals surface area (Å²) < 4.78 is 5.53. The number of benzene rings is 2. The third-order valence-corrected chi connectivity index (χ3v) is 6.03. The lowest BCUT2D eigenvalue weighted by atomic mass is 10.0. The molecule has 158 valence electrons. The second-order valence-electron chi connectivity index (χ2n) is 7.94. The molecule has 0 aliphatic carbocycles. The molecule has 0 radical (unpaired) electrons. The lowest BCUT2D eigenvalue weighted by molar-refractivity contribution is -0.143. The average Bonchev–Trinajstić information content (AvgIpc) is 3.34. The highest BCUT2D eigenvalue weighted by Crippen LogP contribution is 2.28. The number of amides is 2. The van der Waals surface area contributed by atoms with E-state index in [1.54, 1.807) is 0 Å². The molecule has 2 fully saturated rings. The maximum absolute atomic E-state index is 13.0. The van der Waals surface area contributed by atoms with Crippen molar-refractivity contribution in [1.82, 2.24) is 9.80 Å². The summed E-state index contributed by atoms with van der Waals surface area (Å²) in [7, 11) is 0. The summed E-state index contributed by atoms with van der Waals surface area (Å²) in [5.74, 6) is 0.0679. The van der Waals surface area contributed by atoms with Crippen molar-refractivity contribution in [2.75, 3.05) is 38.1 Å². The third-order valence-electron chi connectivity index (χ3n) is 6.03. The van der Waals surface area contributed by atoms with Gasteiger partial charge in [-0.15, -0.1) is 0 Å². The summed E-state index contributed by atoms with van der Waals surface area (Å²) in [4.78, 5) is 29.5. The number of para-hydroxylation sites is 1. The predicted molar refractivity (Wildman–Crippen MR) is 117 cm³/mol. The van der Waals surface area contributed by atoms with E-state index in [2.05, 4.69) is 10.2 Å². The zero-order chi connectivity index (χ0) is 20.9. The van der Waals surface area contributed by atoms with E-state index in [1.165, 1.54) is 0 Å². The number of ether oxygens (including phenoxy) is 1. The minimum atomic E-state index is -0.272. The van der Waals surface area contributed by atoms with Gasteiger partial charge in [0.15, 0.2) is 0 Å². The quantitative estimate of drug-likeness (QED) is 0.828. The van der Waals surface area contributed by atoms with Crippen molar-refractivity contribution >= 4 is 17.5 Å². The summed E-state index contributed by atoms with van der Waals surface area (Å²) >= 11 is 0. The largest absolute Gasteiger partial charge is 0.368 e. The summed E-state index contributed by atoms with van der Waals surface area (Å²) in [6.45, 7) is 5.25. The first-order chi connectivity index (χ1) is 14.6. The average molecular weight is 408 g/mol. The van der Waals surface area contributed by atoms with Gasteiger partial charge in [0.1, 0.15) is 6.10 Å². The Kier molecular flexibility index (Phi) is 6.45. The molecule has 0 aromatic heterocycles. The van der Waals surface area contributed by atoms with Crippen LogP contribution in [-0.4, -0.2) is 66.5 Å². The maximum atomic E-state index is 13.0. The normalized spacial score (nSPS) is 20.7. The molecular formula is C24H29N3O3. The Hall–Kier alpha value is -2.70. The summed E-state index contributed by atoms with van der Waals surface area (Å²) in [6.07, 6.45) is 1.50. The molecule has 2 aliphatic rings. The second kappa shape index (κ2) is 9.41. The van der Waals surface area contributed by atoms with Crippen LogP contribution in [0, 0.1) is 0 Å². The van der Waals surface area contributed by atoms with Crippen molar-refractivity contribution in [1.29, 1.82) is 0 Å². The fourth-order valence-corrected chi connectivity index (χ4v) is 4.17. The molecule has 0 saturated carbocycles. The van der Waals surface area contributed by atoms with Gasteiger partial charge in [-0.2, -0.15) is 0 Å². The number of rotatable bonds is 5. The standard InChI is InChI=1S/C24H29N3O3/c1-18(26-13-15-27(16-14-26)24(29)22-12-7-17-30-22)23(28)25-21-11-6-5-10-20(21)19-8-3-2-4-9-19/h2-6,8-11,18,22H,7,12-17H2,1H3,(H,25,28)/t18-,22-/m0/s1. The number of anilines is 1. The molecule has 2 aromatic rings. The zero-order valence-electron chi connectivity index (χ0n) is 17.4. The highest BCUT2D eigenvalue weighted by Gasteiger charge is 2.32. The Morgan fingerprint density at radius 3 is 2.40 bits per heavy atom. The Labute approximate surface area is 177 Å². The first kappa shape index (κ1) is 20.6. The molecule has 4 rings (SSSR count). The molecule has 6 heteroatoms. The van der Waals surface area contributed by atoms with Gasteiger partial charge in [0.25, 0.3) is 5.91 Å². The minimum Gasteiger partial charge on any atom is -0.368 e. The molecule has 2 aromatic carbocycles. The maximum Gasteiger partial charge on any atom is 0.251 e. The summed E-state index contributed by atoms with van der Waals surface area (Å²) in [6, 6.07) is 17.6. The van der Waals surface area contributed by atoms with Crippen LogP contribution in [-0.2, 0) is 14.3 Å². The first-order valence-electron chi connectivity index (χ1n) is 10.7. The molecule has 6 nitrogen and oxygen atoms in total. The van der Waals surface area contributed by atoms with Crippen LogP contribution >= 0.6 is 0 Å². The fourth-order valence-electron chi connectivity index (χ4n) is 4.17. The monoisotopic (exact) mass is 407 g/mol. The number of hydrogen-bond acceptors (Lipinski definition) is 4. The topological polar surface area (TPSA) is 61.9 Å². The van der Waals surface area contributed by atoms with Gasteiger partial charge in [-0.25, -0.2) is 0 Å². The van der Waals surface area contributed by atoms with Gasteiger partial charge in [0.2, 0.25) is 5.91 Å². The van der Waals surface area contributed by atoms with Gasteiger partial charge < -0.3 is 15.0 Å². The summed E-state index contributed by atoms with van der Waals surface area (Å²) in [5, 5.41) is 3.10. The Morgan fingerprint density at radius 2 is 1.70 bits per heavy atom. The Bertz CT molecular complexity index is 872. The van der Waals surface area contributed by atoms with Crippen LogP contribution in [0.2, 0.25) is 0 Å². The van der Waals surface area contributed by atoms with Gasteiger partial charge in [-0.1, -0.05) is 48.5 Å². The van der Waals surface area contributed by atoms with Crippen LogP contribution in [0.4, 0.5) is 5.69 Å². The molecule has 2 amide bonds. The SMILES string of the molecule is C[C@@H](C(=O)Nc1ccccc1-c1ccccc1)N1CCN(C(=O)[C@@H]2CCCO2)CC1. The number of hydrogen-bond donors (Lipinski definition) is 1.